The van der Waals surface area contributed by atoms with Crippen LogP contribution < -0.4 is 5.32 Å². The van der Waals surface area contributed by atoms with E-state index in [9.17, 15) is 13.2 Å². The van der Waals surface area contributed by atoms with Crippen LogP contribution in [-0.4, -0.2) is 40.6 Å². The minimum Gasteiger partial charge on any atom is -0.361 e. The molecule has 1 amide bonds. The predicted molar refractivity (Wildman–Crippen MR) is 87.4 cm³/mol. The van der Waals surface area contributed by atoms with Crippen LogP contribution in [-0.2, 0) is 23.0 Å². The molecule has 1 aliphatic heterocycles. The van der Waals surface area contributed by atoms with Crippen molar-refractivity contribution < 1.29 is 17.7 Å². The summed E-state index contributed by atoms with van der Waals surface area (Å²) < 4.78 is 31.1. The van der Waals surface area contributed by atoms with E-state index in [1.54, 1.807) is 13.0 Å². The van der Waals surface area contributed by atoms with Crippen LogP contribution in [0.25, 0.3) is 0 Å². The molecule has 0 unspecified atom stereocenters. The predicted octanol–water partition coefficient (Wildman–Crippen LogP) is 1.54. The van der Waals surface area contributed by atoms with Crippen LogP contribution >= 0.6 is 11.3 Å². The van der Waals surface area contributed by atoms with E-state index in [0.717, 1.165) is 23.4 Å². The van der Waals surface area contributed by atoms with Gasteiger partial charge in [0, 0.05) is 30.5 Å². The third kappa shape index (κ3) is 2.85. The summed E-state index contributed by atoms with van der Waals surface area (Å²) >= 11 is 1.31. The van der Waals surface area contributed by atoms with E-state index in [1.807, 2.05) is 0 Å². The van der Waals surface area contributed by atoms with Crippen molar-refractivity contribution in [1.82, 2.24) is 14.4 Å². The van der Waals surface area contributed by atoms with Crippen molar-refractivity contribution in [2.24, 2.45) is 0 Å². The molecule has 0 radical (unpaired) electrons. The summed E-state index contributed by atoms with van der Waals surface area (Å²) in [6.45, 7) is 2.50. The van der Waals surface area contributed by atoms with E-state index < -0.39 is 10.0 Å². The average molecular weight is 368 g/mol. The first-order valence-corrected chi connectivity index (χ1v) is 9.97. The molecule has 0 aromatic carbocycles. The second-order valence-corrected chi connectivity index (χ2v) is 9.29. The Hall–Kier alpha value is -1.78. The summed E-state index contributed by atoms with van der Waals surface area (Å²) in [5, 5.41) is 6.61. The molecular formula is C14H16N4O4S2. The average Bonchev–Trinajstić information content (AvgIpc) is 3.20. The number of nitrogens with one attached hydrogen (secondary N) is 1. The molecule has 10 heteroatoms. The molecule has 128 valence electrons. The fraction of sp³-hybridized carbons (Fsp3) is 0.500. The summed E-state index contributed by atoms with van der Waals surface area (Å²) in [6.07, 6.45) is 2.08. The molecule has 0 saturated heterocycles. The van der Waals surface area contributed by atoms with E-state index in [-0.39, 0.29) is 16.9 Å². The first-order chi connectivity index (χ1) is 11.4. The number of nitrogens with zero attached hydrogens (tertiary/aromatic N) is 3. The molecule has 1 saturated carbocycles. The highest BCUT2D eigenvalue weighted by Crippen LogP contribution is 2.35. The molecule has 1 fully saturated rings. The lowest BCUT2D eigenvalue weighted by Gasteiger charge is -2.25. The number of sulfonamides is 1. The highest BCUT2D eigenvalue weighted by atomic mass is 32.2. The molecule has 2 aromatic rings. The zero-order valence-corrected chi connectivity index (χ0v) is 14.6. The van der Waals surface area contributed by atoms with Crippen molar-refractivity contribution in [3.8, 4) is 0 Å². The van der Waals surface area contributed by atoms with Crippen LogP contribution in [0.15, 0.2) is 10.6 Å². The lowest BCUT2D eigenvalue weighted by Crippen LogP contribution is -2.37. The Kier molecular flexibility index (Phi) is 3.70. The molecular weight excluding hydrogens is 352 g/mol. The Morgan fingerprint density at radius 3 is 2.92 bits per heavy atom. The number of carbonyl (C=O) groups excluding carboxylic acids is 1. The van der Waals surface area contributed by atoms with Crippen molar-refractivity contribution in [3.63, 3.8) is 0 Å². The minimum absolute atomic E-state index is 0.193. The van der Waals surface area contributed by atoms with Gasteiger partial charge in [-0.2, -0.15) is 4.31 Å². The number of fused-ring (bicyclic) bond motifs is 1. The summed E-state index contributed by atoms with van der Waals surface area (Å²) in [7, 11) is -3.18. The van der Waals surface area contributed by atoms with E-state index in [0.29, 0.717) is 30.4 Å². The third-order valence-electron chi connectivity index (χ3n) is 4.08. The number of thiazole rings is 1. The molecule has 2 aliphatic rings. The molecule has 1 N–H and O–H groups in total. The maximum atomic E-state index is 12.4. The molecule has 8 nitrogen and oxygen atoms in total. The second-order valence-electron chi connectivity index (χ2n) is 5.99. The number of amides is 1. The first-order valence-electron chi connectivity index (χ1n) is 7.65. The molecule has 0 bridgehead atoms. The fourth-order valence-corrected chi connectivity index (χ4v) is 5.56. The van der Waals surface area contributed by atoms with Crippen molar-refractivity contribution in [1.29, 1.82) is 0 Å². The number of rotatable bonds is 4. The van der Waals surface area contributed by atoms with Gasteiger partial charge in [-0.3, -0.25) is 10.1 Å². The van der Waals surface area contributed by atoms with Gasteiger partial charge in [0.2, 0.25) is 10.0 Å². The van der Waals surface area contributed by atoms with Gasteiger partial charge in [0.1, 0.15) is 5.76 Å². The highest BCUT2D eigenvalue weighted by Gasteiger charge is 2.41. The Morgan fingerprint density at radius 1 is 1.46 bits per heavy atom. The molecule has 0 atom stereocenters. The van der Waals surface area contributed by atoms with Crippen LogP contribution in [0.4, 0.5) is 5.13 Å². The normalized spacial score (nSPS) is 18.4. The largest absolute Gasteiger partial charge is 0.361 e. The van der Waals surface area contributed by atoms with Gasteiger partial charge in [-0.25, -0.2) is 13.4 Å². The lowest BCUT2D eigenvalue weighted by molar-refractivity contribution is 0.101. The number of carbonyl (C=O) groups is 1. The summed E-state index contributed by atoms with van der Waals surface area (Å²) in [5.41, 5.74) is 1.05. The zero-order chi connectivity index (χ0) is 16.9. The second kappa shape index (κ2) is 5.64. The van der Waals surface area contributed by atoms with Gasteiger partial charge < -0.3 is 4.52 Å². The SMILES string of the molecule is Cc1cc(C(=O)Nc2nc3c(s2)CN(S(=O)(=O)C2CC2)CC3)no1. The van der Waals surface area contributed by atoms with E-state index in [1.165, 1.54) is 15.6 Å². The number of anilines is 1. The monoisotopic (exact) mass is 368 g/mol. The summed E-state index contributed by atoms with van der Waals surface area (Å²) in [6, 6.07) is 1.55. The quantitative estimate of drug-likeness (QED) is 0.878. The Labute approximate surface area is 142 Å². The Morgan fingerprint density at radius 2 is 2.25 bits per heavy atom. The smallest absolute Gasteiger partial charge is 0.279 e. The van der Waals surface area contributed by atoms with Gasteiger partial charge in [-0.1, -0.05) is 5.16 Å². The van der Waals surface area contributed by atoms with Gasteiger partial charge in [0.15, 0.2) is 10.8 Å². The van der Waals surface area contributed by atoms with Crippen LogP contribution in [0.1, 0.15) is 39.7 Å². The van der Waals surface area contributed by atoms with Crippen molar-refractivity contribution in [2.75, 3.05) is 11.9 Å². The number of hydrogen-bond donors (Lipinski definition) is 1. The van der Waals surface area contributed by atoms with Crippen LogP contribution in [0.2, 0.25) is 0 Å². The summed E-state index contributed by atoms with van der Waals surface area (Å²) in [4.78, 5) is 17.4. The Bertz CT molecular complexity index is 898. The number of hydrogen-bond acceptors (Lipinski definition) is 7. The highest BCUT2D eigenvalue weighted by molar-refractivity contribution is 7.90. The van der Waals surface area contributed by atoms with Crippen LogP contribution in [0.3, 0.4) is 0 Å². The fourth-order valence-electron chi connectivity index (χ4n) is 2.65. The maximum Gasteiger partial charge on any atom is 0.279 e. The molecule has 3 heterocycles. The number of aromatic nitrogens is 2. The maximum absolute atomic E-state index is 12.4. The standard InChI is InChI=1S/C14H16N4O4S2/c1-8-6-11(17-22-8)13(19)16-14-15-10-4-5-18(7-12(10)23-14)24(20,21)9-2-3-9/h6,9H,2-5,7H2,1H3,(H,15,16,19). The summed E-state index contributed by atoms with van der Waals surface area (Å²) in [5.74, 6) is 0.167. The van der Waals surface area contributed by atoms with E-state index in [4.69, 9.17) is 4.52 Å². The third-order valence-corrected chi connectivity index (χ3v) is 7.43. The molecule has 0 spiro atoms. The topological polar surface area (TPSA) is 105 Å². The number of aryl methyl sites for hydroxylation is 1. The molecule has 2 aromatic heterocycles. The van der Waals surface area contributed by atoms with Gasteiger partial charge in [-0.05, 0) is 19.8 Å². The van der Waals surface area contributed by atoms with Gasteiger partial charge in [0.05, 0.1) is 10.9 Å². The molecule has 4 rings (SSSR count). The van der Waals surface area contributed by atoms with Crippen LogP contribution in [0.5, 0.6) is 0 Å². The van der Waals surface area contributed by atoms with Crippen molar-refractivity contribution in [2.45, 2.75) is 38.0 Å². The Balaban J connectivity index is 1.49. The first kappa shape index (κ1) is 15.7. The van der Waals surface area contributed by atoms with Crippen molar-refractivity contribution in [3.05, 3.63) is 28.1 Å². The van der Waals surface area contributed by atoms with Crippen molar-refractivity contribution >= 4 is 32.4 Å². The lowest BCUT2D eigenvalue weighted by atomic mass is 10.2. The van der Waals surface area contributed by atoms with Crippen LogP contribution in [0, 0.1) is 6.92 Å². The molecule has 1 aliphatic carbocycles. The van der Waals surface area contributed by atoms with Gasteiger partial charge in [0.25, 0.3) is 5.91 Å². The van der Waals surface area contributed by atoms with E-state index >= 15 is 0 Å². The minimum atomic E-state index is -3.18. The van der Waals surface area contributed by atoms with E-state index in [2.05, 4.69) is 15.5 Å². The molecule has 24 heavy (non-hydrogen) atoms. The zero-order valence-electron chi connectivity index (χ0n) is 13.0. The van der Waals surface area contributed by atoms with Gasteiger partial charge >= 0.3 is 0 Å². The van der Waals surface area contributed by atoms with Gasteiger partial charge in [-0.15, -0.1) is 11.3 Å².